The second-order valence-corrected chi connectivity index (χ2v) is 10.2. The summed E-state index contributed by atoms with van der Waals surface area (Å²) >= 11 is 0. The van der Waals surface area contributed by atoms with Crippen LogP contribution in [0.2, 0.25) is 18.1 Å². The van der Waals surface area contributed by atoms with Crippen LogP contribution >= 0.6 is 0 Å². The maximum absolute atomic E-state index is 6.00. The molecule has 0 amide bonds. The Morgan fingerprint density at radius 3 is 2.31 bits per heavy atom. The molecule has 0 aromatic heterocycles. The van der Waals surface area contributed by atoms with E-state index in [0.29, 0.717) is 11.1 Å². The van der Waals surface area contributed by atoms with Crippen molar-refractivity contribution < 1.29 is 9.16 Å². The predicted molar refractivity (Wildman–Crippen MR) is 57.5 cm³/mol. The van der Waals surface area contributed by atoms with Crippen molar-refractivity contribution in [1.82, 2.24) is 0 Å². The number of hydrogen-bond acceptors (Lipinski definition) is 2. The number of epoxide rings is 1. The van der Waals surface area contributed by atoms with Gasteiger partial charge in [0.2, 0.25) is 0 Å². The molecule has 0 aromatic rings. The highest BCUT2D eigenvalue weighted by Crippen LogP contribution is 2.36. The Bertz CT molecular complexity index is 168. The number of hydrogen-bond donors (Lipinski definition) is 0. The van der Waals surface area contributed by atoms with E-state index >= 15 is 0 Å². The molecule has 0 bridgehead atoms. The normalized spacial score (nSPS) is 23.3. The third-order valence-corrected chi connectivity index (χ3v) is 7.65. The Balaban J connectivity index is 2.23. The fourth-order valence-electron chi connectivity index (χ4n) is 0.897. The maximum Gasteiger partial charge on any atom is 0.191 e. The van der Waals surface area contributed by atoms with Gasteiger partial charge in [0, 0.05) is 6.61 Å². The van der Waals surface area contributed by atoms with Gasteiger partial charge in [0.15, 0.2) is 8.32 Å². The molecular formula is C10H22O2Si. The van der Waals surface area contributed by atoms with Gasteiger partial charge in [-0.2, -0.15) is 0 Å². The van der Waals surface area contributed by atoms with Gasteiger partial charge in [-0.1, -0.05) is 20.8 Å². The van der Waals surface area contributed by atoms with E-state index in [2.05, 4.69) is 33.9 Å². The Labute approximate surface area is 82.7 Å². The summed E-state index contributed by atoms with van der Waals surface area (Å²) in [5.41, 5.74) is 0. The van der Waals surface area contributed by atoms with E-state index in [1.807, 2.05) is 0 Å². The molecule has 0 saturated carbocycles. The van der Waals surface area contributed by atoms with E-state index in [-0.39, 0.29) is 0 Å². The quantitative estimate of drug-likeness (QED) is 0.516. The summed E-state index contributed by atoms with van der Waals surface area (Å²) < 4.78 is 11.1. The van der Waals surface area contributed by atoms with E-state index in [9.17, 15) is 0 Å². The highest BCUT2D eigenvalue weighted by molar-refractivity contribution is 6.74. The molecule has 1 heterocycles. The van der Waals surface area contributed by atoms with E-state index in [1.54, 1.807) is 0 Å². The van der Waals surface area contributed by atoms with Gasteiger partial charge in [-0.3, -0.25) is 0 Å². The average molecular weight is 202 g/mol. The smallest absolute Gasteiger partial charge is 0.191 e. The van der Waals surface area contributed by atoms with Gasteiger partial charge in [-0.05, 0) is 24.6 Å². The summed E-state index contributed by atoms with van der Waals surface area (Å²) in [5, 5.41) is 0.331. The van der Waals surface area contributed by atoms with Gasteiger partial charge < -0.3 is 9.16 Å². The van der Waals surface area contributed by atoms with Crippen LogP contribution in [-0.4, -0.2) is 27.6 Å². The third-order valence-electron chi connectivity index (χ3n) is 3.11. The molecule has 1 unspecified atom stereocenters. The van der Waals surface area contributed by atoms with E-state index in [0.717, 1.165) is 19.6 Å². The molecule has 0 N–H and O–H groups in total. The molecule has 0 spiro atoms. The lowest BCUT2D eigenvalue weighted by molar-refractivity contribution is 0.261. The van der Waals surface area contributed by atoms with Crippen molar-refractivity contribution in [3.8, 4) is 0 Å². The third kappa shape index (κ3) is 3.41. The van der Waals surface area contributed by atoms with Crippen LogP contribution in [0.3, 0.4) is 0 Å². The maximum atomic E-state index is 6.00. The topological polar surface area (TPSA) is 21.8 Å². The SMILES string of the molecule is CC(C)(C)[Si](C)(C)OCCC1CO1. The van der Waals surface area contributed by atoms with Crippen molar-refractivity contribution in [2.75, 3.05) is 13.2 Å². The first-order chi connectivity index (χ1) is 5.83. The predicted octanol–water partition coefficient (Wildman–Crippen LogP) is 2.80. The molecule has 1 atom stereocenters. The molecule has 3 heteroatoms. The van der Waals surface area contributed by atoms with Crippen LogP contribution in [0.5, 0.6) is 0 Å². The lowest BCUT2D eigenvalue weighted by Crippen LogP contribution is -2.41. The van der Waals surface area contributed by atoms with Gasteiger partial charge in [-0.25, -0.2) is 0 Å². The van der Waals surface area contributed by atoms with E-state index in [4.69, 9.17) is 9.16 Å². The Morgan fingerprint density at radius 1 is 1.38 bits per heavy atom. The zero-order chi connectivity index (χ0) is 10.1. The van der Waals surface area contributed by atoms with Crippen molar-refractivity contribution in [2.24, 2.45) is 0 Å². The van der Waals surface area contributed by atoms with Crippen LogP contribution in [0.15, 0.2) is 0 Å². The molecule has 0 radical (unpaired) electrons. The molecule has 1 rings (SSSR count). The Hall–Kier alpha value is 0.137. The molecular weight excluding hydrogens is 180 g/mol. The number of ether oxygens (including phenoxy) is 1. The fraction of sp³-hybridized carbons (Fsp3) is 1.00. The van der Waals surface area contributed by atoms with E-state index < -0.39 is 8.32 Å². The van der Waals surface area contributed by atoms with E-state index in [1.165, 1.54) is 0 Å². The largest absolute Gasteiger partial charge is 0.417 e. The summed E-state index contributed by atoms with van der Waals surface area (Å²) in [6.07, 6.45) is 1.58. The monoisotopic (exact) mass is 202 g/mol. The van der Waals surface area contributed by atoms with Crippen LogP contribution in [0.1, 0.15) is 27.2 Å². The second kappa shape index (κ2) is 3.71. The minimum absolute atomic E-state index is 0.331. The van der Waals surface area contributed by atoms with Crippen molar-refractivity contribution in [2.45, 2.75) is 51.4 Å². The highest BCUT2D eigenvalue weighted by atomic mass is 28.4. The second-order valence-electron chi connectivity index (χ2n) is 5.35. The summed E-state index contributed by atoms with van der Waals surface area (Å²) in [7, 11) is -1.50. The zero-order valence-electron chi connectivity index (χ0n) is 9.52. The first-order valence-electron chi connectivity index (χ1n) is 5.08. The van der Waals surface area contributed by atoms with Crippen LogP contribution in [0.4, 0.5) is 0 Å². The lowest BCUT2D eigenvalue weighted by atomic mass is 10.2. The summed E-state index contributed by atoms with van der Waals surface area (Å²) in [4.78, 5) is 0. The zero-order valence-corrected chi connectivity index (χ0v) is 10.5. The lowest BCUT2D eigenvalue weighted by Gasteiger charge is -2.36. The molecule has 0 aromatic carbocycles. The van der Waals surface area contributed by atoms with Crippen molar-refractivity contribution in [3.63, 3.8) is 0 Å². The first kappa shape index (κ1) is 11.2. The standard InChI is InChI=1S/C10H22O2Si/c1-10(2,3)13(4,5)12-7-6-9-8-11-9/h9H,6-8H2,1-5H3. The van der Waals surface area contributed by atoms with Crippen molar-refractivity contribution in [1.29, 1.82) is 0 Å². The van der Waals surface area contributed by atoms with Crippen LogP contribution in [-0.2, 0) is 9.16 Å². The van der Waals surface area contributed by atoms with Gasteiger partial charge >= 0.3 is 0 Å². The van der Waals surface area contributed by atoms with Gasteiger partial charge in [0.25, 0.3) is 0 Å². The summed E-state index contributed by atoms with van der Waals surface area (Å²) in [6.45, 7) is 13.2. The minimum atomic E-state index is -1.50. The van der Waals surface area contributed by atoms with Crippen molar-refractivity contribution >= 4 is 8.32 Å². The molecule has 1 aliphatic heterocycles. The molecule has 1 saturated heterocycles. The molecule has 78 valence electrons. The van der Waals surface area contributed by atoms with Gasteiger partial charge in [0.05, 0.1) is 12.7 Å². The van der Waals surface area contributed by atoms with Gasteiger partial charge in [-0.15, -0.1) is 0 Å². The first-order valence-corrected chi connectivity index (χ1v) is 7.99. The molecule has 13 heavy (non-hydrogen) atoms. The fourth-order valence-corrected chi connectivity index (χ4v) is 1.96. The minimum Gasteiger partial charge on any atom is -0.417 e. The van der Waals surface area contributed by atoms with Crippen molar-refractivity contribution in [3.05, 3.63) is 0 Å². The average Bonchev–Trinajstić information content (AvgIpc) is 2.68. The highest BCUT2D eigenvalue weighted by Gasteiger charge is 2.37. The molecule has 2 nitrogen and oxygen atoms in total. The van der Waals surface area contributed by atoms with Crippen LogP contribution in [0.25, 0.3) is 0 Å². The Morgan fingerprint density at radius 2 is 1.92 bits per heavy atom. The molecule has 1 aliphatic rings. The Kier molecular flexibility index (Phi) is 3.20. The van der Waals surface area contributed by atoms with Crippen LogP contribution in [0, 0.1) is 0 Å². The molecule has 1 fully saturated rings. The van der Waals surface area contributed by atoms with Crippen LogP contribution < -0.4 is 0 Å². The molecule has 0 aliphatic carbocycles. The summed E-state index contributed by atoms with van der Waals surface area (Å²) in [6, 6.07) is 0. The summed E-state index contributed by atoms with van der Waals surface area (Å²) in [5.74, 6) is 0. The van der Waals surface area contributed by atoms with Gasteiger partial charge in [0.1, 0.15) is 0 Å². The number of rotatable bonds is 4.